The summed E-state index contributed by atoms with van der Waals surface area (Å²) in [5.74, 6) is 0.168. The van der Waals surface area contributed by atoms with Gasteiger partial charge in [-0.15, -0.1) is 0 Å². The molecule has 1 aromatic carbocycles. The van der Waals surface area contributed by atoms with Crippen molar-refractivity contribution in [2.75, 3.05) is 23.9 Å². The summed E-state index contributed by atoms with van der Waals surface area (Å²) in [4.78, 5) is 0. The molecule has 1 aromatic rings. The highest BCUT2D eigenvalue weighted by Gasteiger charge is 2.00. The van der Waals surface area contributed by atoms with Gasteiger partial charge in [0.25, 0.3) is 0 Å². The Labute approximate surface area is 85.1 Å². The van der Waals surface area contributed by atoms with Gasteiger partial charge in [-0.25, -0.2) is 8.42 Å². The zero-order chi connectivity index (χ0) is 10.6. The number of hydrogen-bond donors (Lipinski definition) is 1. The molecular formula is C10H15NO2S. The van der Waals surface area contributed by atoms with Crippen LogP contribution in [-0.4, -0.2) is 27.0 Å². The van der Waals surface area contributed by atoms with E-state index in [1.807, 2.05) is 31.2 Å². The van der Waals surface area contributed by atoms with Gasteiger partial charge in [-0.05, 0) is 24.6 Å². The van der Waals surface area contributed by atoms with Crippen LogP contribution >= 0.6 is 0 Å². The average molecular weight is 213 g/mol. The summed E-state index contributed by atoms with van der Waals surface area (Å²) in [7, 11) is -2.87. The highest BCUT2D eigenvalue weighted by Crippen LogP contribution is 2.08. The summed E-state index contributed by atoms with van der Waals surface area (Å²) in [5.41, 5.74) is 2.13. The van der Waals surface area contributed by atoms with Gasteiger partial charge in [0.15, 0.2) is 0 Å². The minimum Gasteiger partial charge on any atom is -0.384 e. The molecule has 78 valence electrons. The Morgan fingerprint density at radius 1 is 1.36 bits per heavy atom. The molecule has 0 radical (unpaired) electrons. The van der Waals surface area contributed by atoms with Gasteiger partial charge in [0, 0.05) is 18.5 Å². The molecule has 0 saturated carbocycles. The lowest BCUT2D eigenvalue weighted by molar-refractivity contribution is 0.602. The SMILES string of the molecule is Cc1cccc(NCCS(C)(=O)=O)c1. The van der Waals surface area contributed by atoms with Crippen LogP contribution in [0, 0.1) is 6.92 Å². The third-order valence-corrected chi connectivity index (χ3v) is 2.77. The fourth-order valence-corrected chi connectivity index (χ4v) is 1.61. The van der Waals surface area contributed by atoms with Crippen molar-refractivity contribution in [2.45, 2.75) is 6.92 Å². The van der Waals surface area contributed by atoms with Crippen molar-refractivity contribution in [1.82, 2.24) is 0 Å². The fraction of sp³-hybridized carbons (Fsp3) is 0.400. The summed E-state index contributed by atoms with van der Waals surface area (Å²) in [5, 5.41) is 3.06. The van der Waals surface area contributed by atoms with E-state index in [4.69, 9.17) is 0 Å². The molecule has 4 heteroatoms. The minimum atomic E-state index is -2.87. The van der Waals surface area contributed by atoms with Crippen LogP contribution in [0.5, 0.6) is 0 Å². The normalized spacial score (nSPS) is 11.3. The standard InChI is InChI=1S/C10H15NO2S/c1-9-4-3-5-10(8-9)11-6-7-14(2,12)13/h3-5,8,11H,6-7H2,1-2H3. The molecule has 1 rings (SSSR count). The van der Waals surface area contributed by atoms with Gasteiger partial charge >= 0.3 is 0 Å². The third kappa shape index (κ3) is 4.28. The van der Waals surface area contributed by atoms with Gasteiger partial charge in [-0.1, -0.05) is 12.1 Å². The number of anilines is 1. The number of nitrogens with one attached hydrogen (secondary N) is 1. The summed E-state index contributed by atoms with van der Waals surface area (Å²) < 4.78 is 21.7. The molecular weight excluding hydrogens is 198 g/mol. The lowest BCUT2D eigenvalue weighted by Gasteiger charge is -2.05. The molecule has 0 aliphatic heterocycles. The van der Waals surface area contributed by atoms with E-state index >= 15 is 0 Å². The first-order chi connectivity index (χ1) is 6.47. The Bertz CT molecular complexity index is 398. The summed E-state index contributed by atoms with van der Waals surface area (Å²) in [6.45, 7) is 2.46. The topological polar surface area (TPSA) is 46.2 Å². The van der Waals surface area contributed by atoms with Crippen molar-refractivity contribution >= 4 is 15.5 Å². The van der Waals surface area contributed by atoms with E-state index in [-0.39, 0.29) is 5.75 Å². The molecule has 0 aliphatic carbocycles. The number of benzene rings is 1. The Morgan fingerprint density at radius 2 is 2.07 bits per heavy atom. The zero-order valence-electron chi connectivity index (χ0n) is 8.45. The molecule has 0 atom stereocenters. The first-order valence-electron chi connectivity index (χ1n) is 4.46. The minimum absolute atomic E-state index is 0.168. The van der Waals surface area contributed by atoms with E-state index in [0.717, 1.165) is 11.3 Å². The van der Waals surface area contributed by atoms with Gasteiger partial charge in [-0.3, -0.25) is 0 Å². The summed E-state index contributed by atoms with van der Waals surface area (Å²) in [6.07, 6.45) is 1.24. The zero-order valence-corrected chi connectivity index (χ0v) is 9.26. The second-order valence-corrected chi connectivity index (χ2v) is 5.69. The van der Waals surface area contributed by atoms with Crippen LogP contribution in [0.15, 0.2) is 24.3 Å². The van der Waals surface area contributed by atoms with E-state index in [0.29, 0.717) is 6.54 Å². The monoisotopic (exact) mass is 213 g/mol. The third-order valence-electron chi connectivity index (χ3n) is 1.82. The molecule has 0 bridgehead atoms. The van der Waals surface area contributed by atoms with Crippen LogP contribution in [0.3, 0.4) is 0 Å². The smallest absolute Gasteiger partial charge is 0.149 e. The molecule has 0 spiro atoms. The van der Waals surface area contributed by atoms with E-state index in [1.54, 1.807) is 0 Å². The quantitative estimate of drug-likeness (QED) is 0.823. The predicted octanol–water partition coefficient (Wildman–Crippen LogP) is 1.45. The molecule has 1 N–H and O–H groups in total. The van der Waals surface area contributed by atoms with Crippen LogP contribution in [0.25, 0.3) is 0 Å². The second-order valence-electron chi connectivity index (χ2n) is 3.43. The Balaban J connectivity index is 2.47. The van der Waals surface area contributed by atoms with E-state index in [9.17, 15) is 8.42 Å². The van der Waals surface area contributed by atoms with Crippen LogP contribution in [-0.2, 0) is 9.84 Å². The molecule has 0 saturated heterocycles. The number of rotatable bonds is 4. The van der Waals surface area contributed by atoms with Crippen LogP contribution in [0.1, 0.15) is 5.56 Å². The maximum Gasteiger partial charge on any atom is 0.149 e. The van der Waals surface area contributed by atoms with Crippen molar-refractivity contribution in [3.8, 4) is 0 Å². The van der Waals surface area contributed by atoms with Gasteiger partial charge in [-0.2, -0.15) is 0 Å². The van der Waals surface area contributed by atoms with Gasteiger partial charge in [0.1, 0.15) is 9.84 Å². The number of aryl methyl sites for hydroxylation is 1. The molecule has 0 amide bonds. The molecule has 14 heavy (non-hydrogen) atoms. The predicted molar refractivity (Wildman–Crippen MR) is 59.4 cm³/mol. The van der Waals surface area contributed by atoms with Crippen LogP contribution < -0.4 is 5.32 Å². The van der Waals surface area contributed by atoms with E-state index in [1.165, 1.54) is 6.26 Å². The lowest BCUT2D eigenvalue weighted by Crippen LogP contribution is -2.13. The van der Waals surface area contributed by atoms with Gasteiger partial charge < -0.3 is 5.32 Å². The molecule has 0 fully saturated rings. The molecule has 0 aromatic heterocycles. The summed E-state index contributed by atoms with van der Waals surface area (Å²) >= 11 is 0. The van der Waals surface area contributed by atoms with Crippen LogP contribution in [0.4, 0.5) is 5.69 Å². The molecule has 0 unspecified atom stereocenters. The highest BCUT2D eigenvalue weighted by molar-refractivity contribution is 7.90. The summed E-state index contributed by atoms with van der Waals surface area (Å²) in [6, 6.07) is 7.86. The second kappa shape index (κ2) is 4.46. The Hall–Kier alpha value is -1.03. The molecule has 0 aliphatic rings. The number of hydrogen-bond acceptors (Lipinski definition) is 3. The first-order valence-corrected chi connectivity index (χ1v) is 6.52. The first kappa shape index (κ1) is 11.0. The van der Waals surface area contributed by atoms with Crippen molar-refractivity contribution in [3.05, 3.63) is 29.8 Å². The van der Waals surface area contributed by atoms with Crippen LogP contribution in [0.2, 0.25) is 0 Å². The molecule has 3 nitrogen and oxygen atoms in total. The maximum atomic E-state index is 10.8. The van der Waals surface area contributed by atoms with Gasteiger partial charge in [0.05, 0.1) is 5.75 Å². The van der Waals surface area contributed by atoms with E-state index < -0.39 is 9.84 Å². The van der Waals surface area contributed by atoms with Crippen molar-refractivity contribution in [1.29, 1.82) is 0 Å². The van der Waals surface area contributed by atoms with Gasteiger partial charge in [0.2, 0.25) is 0 Å². The fourth-order valence-electron chi connectivity index (χ4n) is 1.14. The Kier molecular flexibility index (Phi) is 3.52. The van der Waals surface area contributed by atoms with Crippen molar-refractivity contribution in [3.63, 3.8) is 0 Å². The van der Waals surface area contributed by atoms with Crippen molar-refractivity contribution < 1.29 is 8.42 Å². The largest absolute Gasteiger partial charge is 0.384 e. The van der Waals surface area contributed by atoms with E-state index in [2.05, 4.69) is 5.32 Å². The van der Waals surface area contributed by atoms with Crippen molar-refractivity contribution in [2.24, 2.45) is 0 Å². The number of sulfone groups is 1. The highest BCUT2D eigenvalue weighted by atomic mass is 32.2. The maximum absolute atomic E-state index is 10.8. The molecule has 0 heterocycles. The lowest BCUT2D eigenvalue weighted by atomic mass is 10.2. The Morgan fingerprint density at radius 3 is 2.64 bits per heavy atom. The average Bonchev–Trinajstić information content (AvgIpc) is 2.01.